The van der Waals surface area contributed by atoms with Crippen molar-refractivity contribution in [1.29, 1.82) is 0 Å². The van der Waals surface area contributed by atoms with Crippen LogP contribution in [-0.4, -0.2) is 54.5 Å². The lowest BCUT2D eigenvalue weighted by Gasteiger charge is -2.54. The number of fused-ring (bicyclic) bond motifs is 7. The van der Waals surface area contributed by atoms with Gasteiger partial charge in [-0.25, -0.2) is 4.79 Å². The van der Waals surface area contributed by atoms with E-state index in [2.05, 4.69) is 15.9 Å². The number of nitrogens with zero attached hydrogens (tertiary/aromatic N) is 2. The van der Waals surface area contributed by atoms with E-state index >= 15 is 0 Å². The predicted molar refractivity (Wildman–Crippen MR) is 136 cm³/mol. The van der Waals surface area contributed by atoms with Gasteiger partial charge in [0.05, 0.1) is 30.5 Å². The Balaban J connectivity index is 1.32. The van der Waals surface area contributed by atoms with E-state index in [-0.39, 0.29) is 18.4 Å². The number of methoxy groups -OCH3 is 1. The summed E-state index contributed by atoms with van der Waals surface area (Å²) in [4.78, 5) is 31.6. The number of piperidine rings is 3. The Morgan fingerprint density at radius 3 is 2.86 bits per heavy atom. The highest BCUT2D eigenvalue weighted by molar-refractivity contribution is 5.90. The molecule has 35 heavy (non-hydrogen) atoms. The van der Waals surface area contributed by atoms with Crippen LogP contribution in [0.25, 0.3) is 11.0 Å². The minimum Gasteiger partial charge on any atom is -0.496 e. The van der Waals surface area contributed by atoms with Gasteiger partial charge >= 0.3 is 5.63 Å². The topological polar surface area (TPSA) is 63.0 Å². The van der Waals surface area contributed by atoms with Crippen LogP contribution in [-0.2, 0) is 11.2 Å². The summed E-state index contributed by atoms with van der Waals surface area (Å²) in [6.07, 6.45) is 9.85. The van der Waals surface area contributed by atoms with E-state index in [9.17, 15) is 9.59 Å². The van der Waals surface area contributed by atoms with Gasteiger partial charge in [0.2, 0.25) is 5.91 Å². The first-order valence-corrected chi connectivity index (χ1v) is 13.3. The minimum atomic E-state index is -0.415. The van der Waals surface area contributed by atoms with Gasteiger partial charge in [0.15, 0.2) is 0 Å². The molecule has 4 atom stereocenters. The van der Waals surface area contributed by atoms with Crippen LogP contribution in [0.1, 0.15) is 55.2 Å². The first-order valence-electron chi connectivity index (χ1n) is 13.3. The van der Waals surface area contributed by atoms with Crippen LogP contribution >= 0.6 is 0 Å². The summed E-state index contributed by atoms with van der Waals surface area (Å²) < 4.78 is 11.3. The van der Waals surface area contributed by atoms with Crippen molar-refractivity contribution in [3.8, 4) is 5.75 Å². The summed E-state index contributed by atoms with van der Waals surface area (Å²) in [6, 6.07) is 4.68. The third kappa shape index (κ3) is 3.81. The molecule has 1 amide bonds. The number of ether oxygens (including phenoxy) is 1. The Hall–Kier alpha value is -2.60. The summed E-state index contributed by atoms with van der Waals surface area (Å²) >= 11 is 0. The molecule has 3 saturated heterocycles. The number of aryl methyl sites for hydroxylation is 2. The van der Waals surface area contributed by atoms with Gasteiger partial charge < -0.3 is 14.1 Å². The SMILES string of the molecule is COc1cc(C)cc2oc(=O)c(CC(=O)N3CCCC4=C[C@@H]5C[C@@H](CN6CCCC[C@H]56)[C@@H]43)c(C)c12. The first-order chi connectivity index (χ1) is 16.9. The molecule has 4 heterocycles. The molecule has 6 nitrogen and oxygen atoms in total. The largest absolute Gasteiger partial charge is 0.496 e. The van der Waals surface area contributed by atoms with Crippen LogP contribution in [0.3, 0.4) is 0 Å². The molecule has 6 heteroatoms. The Bertz CT molecular complexity index is 1260. The Morgan fingerprint density at radius 2 is 2.03 bits per heavy atom. The molecule has 186 valence electrons. The highest BCUT2D eigenvalue weighted by Gasteiger charge is 2.46. The molecule has 0 saturated carbocycles. The molecule has 2 aromatic rings. The van der Waals surface area contributed by atoms with Gasteiger partial charge in [-0.05, 0) is 87.6 Å². The van der Waals surface area contributed by atoms with Crippen molar-refractivity contribution in [1.82, 2.24) is 9.80 Å². The highest BCUT2D eigenvalue weighted by atomic mass is 16.5. The molecule has 0 N–H and O–H groups in total. The average molecular weight is 477 g/mol. The minimum absolute atomic E-state index is 0.0423. The zero-order valence-corrected chi connectivity index (χ0v) is 21.1. The van der Waals surface area contributed by atoms with Crippen LogP contribution in [0.2, 0.25) is 0 Å². The second-order valence-corrected chi connectivity index (χ2v) is 11.1. The van der Waals surface area contributed by atoms with E-state index in [0.29, 0.717) is 34.8 Å². The molecule has 3 fully saturated rings. The number of hydrogen-bond donors (Lipinski definition) is 0. The molecule has 4 aliphatic rings. The molecule has 3 aliphatic heterocycles. The van der Waals surface area contributed by atoms with Crippen LogP contribution in [0.4, 0.5) is 0 Å². The smallest absolute Gasteiger partial charge is 0.340 e. The van der Waals surface area contributed by atoms with Gasteiger partial charge in [0, 0.05) is 19.1 Å². The van der Waals surface area contributed by atoms with Crippen molar-refractivity contribution in [3.63, 3.8) is 0 Å². The number of likely N-dealkylation sites (tertiary alicyclic amines) is 1. The first kappa shape index (κ1) is 22.8. The fraction of sp³-hybridized carbons (Fsp3) is 0.586. The predicted octanol–water partition coefficient (Wildman–Crippen LogP) is 4.38. The van der Waals surface area contributed by atoms with Crippen molar-refractivity contribution < 1.29 is 13.9 Å². The summed E-state index contributed by atoms with van der Waals surface area (Å²) in [5, 5.41) is 0.781. The Kier molecular flexibility index (Phi) is 5.75. The lowest BCUT2D eigenvalue weighted by atomic mass is 9.68. The van der Waals surface area contributed by atoms with Crippen LogP contribution in [0.5, 0.6) is 5.75 Å². The van der Waals surface area contributed by atoms with Crippen LogP contribution in [0.15, 0.2) is 33.0 Å². The molecule has 0 spiro atoms. The summed E-state index contributed by atoms with van der Waals surface area (Å²) in [7, 11) is 1.62. The van der Waals surface area contributed by atoms with Crippen LogP contribution in [0, 0.1) is 25.7 Å². The quantitative estimate of drug-likeness (QED) is 0.486. The number of hydrogen-bond acceptors (Lipinski definition) is 5. The van der Waals surface area contributed by atoms with E-state index in [1.807, 2.05) is 26.0 Å². The molecular formula is C29H36N2O4. The Morgan fingerprint density at radius 1 is 1.17 bits per heavy atom. The summed E-state index contributed by atoms with van der Waals surface area (Å²) in [6.45, 7) is 6.92. The Labute approximate surface area is 206 Å². The standard InChI is InChI=1S/C29H36N2O4/c1-17-11-24(34-3)27-18(2)22(29(33)35-25(27)12-17)15-26(32)31-10-6-7-19-13-20-14-21(28(19)31)16-30-9-5-4-8-23(20)30/h11-13,20-21,23,28H,4-10,14-16H2,1-3H3/t20-,21+,23-,28-/m1/s1. The van der Waals surface area contributed by atoms with Gasteiger partial charge in [-0.15, -0.1) is 0 Å². The second-order valence-electron chi connectivity index (χ2n) is 11.1. The highest BCUT2D eigenvalue weighted by Crippen LogP contribution is 2.45. The molecule has 0 unspecified atom stereocenters. The van der Waals surface area contributed by atoms with Crippen molar-refractivity contribution in [3.05, 3.63) is 50.9 Å². The maximum Gasteiger partial charge on any atom is 0.340 e. The number of amides is 1. The third-order valence-corrected chi connectivity index (χ3v) is 9.01. The fourth-order valence-corrected chi connectivity index (χ4v) is 7.51. The molecular weight excluding hydrogens is 440 g/mol. The van der Waals surface area contributed by atoms with Gasteiger partial charge in [-0.2, -0.15) is 0 Å². The van der Waals surface area contributed by atoms with Crippen molar-refractivity contribution in [2.24, 2.45) is 11.8 Å². The monoisotopic (exact) mass is 476 g/mol. The number of benzene rings is 1. The van der Waals surface area contributed by atoms with Crippen LogP contribution < -0.4 is 10.4 Å². The lowest BCUT2D eigenvalue weighted by molar-refractivity contribution is -0.135. The molecule has 6 rings (SSSR count). The summed E-state index contributed by atoms with van der Waals surface area (Å²) in [5.41, 5.74) is 3.77. The molecule has 2 bridgehead atoms. The number of rotatable bonds is 3. The van der Waals surface area contributed by atoms with E-state index in [1.54, 1.807) is 7.11 Å². The molecule has 0 radical (unpaired) electrons. The van der Waals surface area contributed by atoms with E-state index in [0.717, 1.165) is 42.4 Å². The molecule has 1 aromatic carbocycles. The van der Waals surface area contributed by atoms with E-state index < -0.39 is 5.63 Å². The zero-order valence-electron chi connectivity index (χ0n) is 21.1. The molecule has 1 aliphatic carbocycles. The van der Waals surface area contributed by atoms with Crippen molar-refractivity contribution >= 4 is 16.9 Å². The maximum absolute atomic E-state index is 13.8. The van der Waals surface area contributed by atoms with Gasteiger partial charge in [-0.3, -0.25) is 9.69 Å². The maximum atomic E-state index is 13.8. The van der Waals surface area contributed by atoms with Gasteiger partial charge in [0.25, 0.3) is 0 Å². The van der Waals surface area contributed by atoms with E-state index in [1.165, 1.54) is 37.8 Å². The zero-order chi connectivity index (χ0) is 24.3. The fourth-order valence-electron chi connectivity index (χ4n) is 7.51. The molecule has 1 aromatic heterocycles. The summed E-state index contributed by atoms with van der Waals surface area (Å²) in [5.74, 6) is 1.85. The second kappa shape index (κ2) is 8.81. The van der Waals surface area contributed by atoms with E-state index in [4.69, 9.17) is 9.15 Å². The average Bonchev–Trinajstić information content (AvgIpc) is 2.85. The van der Waals surface area contributed by atoms with Gasteiger partial charge in [0.1, 0.15) is 11.3 Å². The van der Waals surface area contributed by atoms with Gasteiger partial charge in [-0.1, -0.05) is 18.1 Å². The third-order valence-electron chi connectivity index (χ3n) is 9.01. The number of carbonyl (C=O) groups excluding carboxylic acids is 1. The normalized spacial score (nSPS) is 28.3. The lowest BCUT2D eigenvalue weighted by Crippen LogP contribution is -2.60. The number of carbonyl (C=O) groups is 1. The van der Waals surface area contributed by atoms with Crippen molar-refractivity contribution in [2.45, 2.75) is 70.9 Å². The van der Waals surface area contributed by atoms with Crippen molar-refractivity contribution in [2.75, 3.05) is 26.7 Å².